The highest BCUT2D eigenvalue weighted by Gasteiger charge is 2.06. The molecule has 3 rings (SSSR count). The number of nitrogens with zero attached hydrogens (tertiary/aromatic N) is 1. The number of nitrogens with one attached hydrogen (secondary N) is 1. The third-order valence-corrected chi connectivity index (χ3v) is 3.53. The van der Waals surface area contributed by atoms with Crippen LogP contribution in [0.4, 0.5) is 11.5 Å². The minimum atomic E-state index is -0.360. The van der Waals surface area contributed by atoms with Crippen molar-refractivity contribution in [2.24, 2.45) is 0 Å². The number of ether oxygens (including phenoxy) is 1. The van der Waals surface area contributed by atoms with Gasteiger partial charge in [-0.05, 0) is 47.9 Å². The molecule has 2 aromatic carbocycles. The smallest absolute Gasteiger partial charge is 0.337 e. The van der Waals surface area contributed by atoms with E-state index in [0.717, 1.165) is 16.5 Å². The predicted octanol–water partition coefficient (Wildman–Crippen LogP) is 4.42. The molecule has 0 spiro atoms. The fraction of sp³-hybridized carbons (Fsp3) is 0.0588. The van der Waals surface area contributed by atoms with Gasteiger partial charge in [0, 0.05) is 22.3 Å². The van der Waals surface area contributed by atoms with Crippen LogP contribution in [-0.2, 0) is 4.74 Å². The average Bonchev–Trinajstić information content (AvgIpc) is 2.55. The van der Waals surface area contributed by atoms with Crippen LogP contribution in [0.15, 0.2) is 54.7 Å². The van der Waals surface area contributed by atoms with Gasteiger partial charge in [-0.25, -0.2) is 9.78 Å². The number of anilines is 2. The van der Waals surface area contributed by atoms with E-state index in [4.69, 9.17) is 11.6 Å². The number of pyridine rings is 1. The standard InChI is InChI=1S/C17H13ClN2O2/c1-22-17(21)12-3-6-14(7-4-12)20-16-15-10-13(18)5-2-11(15)8-9-19-16/h2-10H,1H3,(H,19,20). The maximum Gasteiger partial charge on any atom is 0.337 e. The fourth-order valence-electron chi connectivity index (χ4n) is 2.18. The van der Waals surface area contributed by atoms with Crippen LogP contribution in [0.1, 0.15) is 10.4 Å². The van der Waals surface area contributed by atoms with Crippen molar-refractivity contribution in [2.45, 2.75) is 0 Å². The Labute approximate surface area is 132 Å². The Bertz CT molecular complexity index is 832. The van der Waals surface area contributed by atoms with Gasteiger partial charge in [-0.15, -0.1) is 0 Å². The van der Waals surface area contributed by atoms with Gasteiger partial charge >= 0.3 is 5.97 Å². The third kappa shape index (κ3) is 2.87. The Morgan fingerprint density at radius 2 is 1.91 bits per heavy atom. The number of hydrogen-bond donors (Lipinski definition) is 1. The Morgan fingerprint density at radius 1 is 1.14 bits per heavy atom. The van der Waals surface area contributed by atoms with E-state index in [9.17, 15) is 4.79 Å². The van der Waals surface area contributed by atoms with Gasteiger partial charge in [0.25, 0.3) is 0 Å². The molecule has 1 heterocycles. The number of benzene rings is 2. The molecule has 0 saturated carbocycles. The first-order valence-electron chi connectivity index (χ1n) is 6.67. The molecule has 0 unspecified atom stereocenters. The molecule has 0 aliphatic carbocycles. The number of methoxy groups -OCH3 is 1. The van der Waals surface area contributed by atoms with Crippen molar-refractivity contribution in [1.29, 1.82) is 0 Å². The van der Waals surface area contributed by atoms with E-state index in [1.54, 1.807) is 30.5 Å². The Hall–Kier alpha value is -2.59. The molecule has 1 N–H and O–H groups in total. The summed E-state index contributed by atoms with van der Waals surface area (Å²) in [6.07, 6.45) is 1.74. The number of rotatable bonds is 3. The molecule has 0 amide bonds. The molecular weight excluding hydrogens is 300 g/mol. The van der Waals surface area contributed by atoms with E-state index in [-0.39, 0.29) is 5.97 Å². The number of esters is 1. The molecule has 0 radical (unpaired) electrons. The molecule has 0 atom stereocenters. The Kier molecular flexibility index (Phi) is 3.94. The van der Waals surface area contributed by atoms with Crippen molar-refractivity contribution in [3.63, 3.8) is 0 Å². The number of carbonyl (C=O) groups is 1. The maximum absolute atomic E-state index is 11.4. The first-order chi connectivity index (χ1) is 10.7. The van der Waals surface area contributed by atoms with E-state index < -0.39 is 0 Å². The molecule has 1 aromatic heterocycles. The minimum Gasteiger partial charge on any atom is -0.465 e. The van der Waals surface area contributed by atoms with Crippen LogP contribution in [0.5, 0.6) is 0 Å². The van der Waals surface area contributed by atoms with Gasteiger partial charge in [0.2, 0.25) is 0 Å². The lowest BCUT2D eigenvalue weighted by Gasteiger charge is -2.09. The maximum atomic E-state index is 11.4. The molecule has 22 heavy (non-hydrogen) atoms. The van der Waals surface area contributed by atoms with Gasteiger partial charge in [0.1, 0.15) is 5.82 Å². The van der Waals surface area contributed by atoms with Gasteiger partial charge in [0.15, 0.2) is 0 Å². The van der Waals surface area contributed by atoms with Crippen LogP contribution in [0.2, 0.25) is 5.02 Å². The zero-order valence-corrected chi connectivity index (χ0v) is 12.6. The SMILES string of the molecule is COC(=O)c1ccc(Nc2nccc3ccc(Cl)cc23)cc1. The molecule has 0 bridgehead atoms. The molecule has 3 aromatic rings. The second-order valence-electron chi connectivity index (χ2n) is 4.72. The molecule has 0 aliphatic rings. The summed E-state index contributed by atoms with van der Waals surface area (Å²) < 4.78 is 4.68. The van der Waals surface area contributed by atoms with Crippen molar-refractivity contribution in [3.8, 4) is 0 Å². The lowest BCUT2D eigenvalue weighted by atomic mass is 10.1. The fourth-order valence-corrected chi connectivity index (χ4v) is 2.36. The summed E-state index contributed by atoms with van der Waals surface area (Å²) in [7, 11) is 1.36. The van der Waals surface area contributed by atoms with Crippen LogP contribution in [0.3, 0.4) is 0 Å². The average molecular weight is 313 g/mol. The van der Waals surface area contributed by atoms with E-state index >= 15 is 0 Å². The summed E-state index contributed by atoms with van der Waals surface area (Å²) in [6.45, 7) is 0. The minimum absolute atomic E-state index is 0.360. The first-order valence-corrected chi connectivity index (χ1v) is 7.05. The molecule has 0 aliphatic heterocycles. The number of halogens is 1. The van der Waals surface area contributed by atoms with Crippen LogP contribution in [0.25, 0.3) is 10.8 Å². The second kappa shape index (κ2) is 6.03. The predicted molar refractivity (Wildman–Crippen MR) is 87.8 cm³/mol. The summed E-state index contributed by atoms with van der Waals surface area (Å²) in [5, 5.41) is 5.88. The van der Waals surface area contributed by atoms with E-state index in [1.807, 2.05) is 24.3 Å². The van der Waals surface area contributed by atoms with Crippen LogP contribution in [-0.4, -0.2) is 18.1 Å². The summed E-state index contributed by atoms with van der Waals surface area (Å²) in [5.74, 6) is 0.354. The zero-order valence-electron chi connectivity index (χ0n) is 11.8. The highest BCUT2D eigenvalue weighted by Crippen LogP contribution is 2.27. The van der Waals surface area contributed by atoms with E-state index in [2.05, 4.69) is 15.0 Å². The Morgan fingerprint density at radius 3 is 2.64 bits per heavy atom. The van der Waals surface area contributed by atoms with Gasteiger partial charge in [-0.3, -0.25) is 0 Å². The molecule has 5 heteroatoms. The van der Waals surface area contributed by atoms with Crippen LogP contribution < -0.4 is 5.32 Å². The number of hydrogen-bond acceptors (Lipinski definition) is 4. The molecule has 110 valence electrons. The van der Waals surface area contributed by atoms with E-state index in [1.165, 1.54) is 7.11 Å². The number of fused-ring (bicyclic) bond motifs is 1. The first kappa shape index (κ1) is 14.4. The summed E-state index contributed by atoms with van der Waals surface area (Å²) >= 11 is 6.06. The van der Waals surface area contributed by atoms with Gasteiger partial charge < -0.3 is 10.1 Å². The van der Waals surface area contributed by atoms with Crippen molar-refractivity contribution in [3.05, 3.63) is 65.3 Å². The van der Waals surface area contributed by atoms with Crippen molar-refractivity contribution in [1.82, 2.24) is 4.98 Å². The topological polar surface area (TPSA) is 51.2 Å². The quantitative estimate of drug-likeness (QED) is 0.727. The second-order valence-corrected chi connectivity index (χ2v) is 5.16. The highest BCUT2D eigenvalue weighted by atomic mass is 35.5. The summed E-state index contributed by atoms with van der Waals surface area (Å²) in [6, 6.07) is 14.6. The Balaban J connectivity index is 1.93. The van der Waals surface area contributed by atoms with Crippen LogP contribution in [0, 0.1) is 0 Å². The number of aromatic nitrogens is 1. The molecule has 4 nitrogen and oxygen atoms in total. The van der Waals surface area contributed by atoms with E-state index in [0.29, 0.717) is 16.4 Å². The lowest BCUT2D eigenvalue weighted by molar-refractivity contribution is 0.0601. The third-order valence-electron chi connectivity index (χ3n) is 3.30. The van der Waals surface area contributed by atoms with Gasteiger partial charge in [0.05, 0.1) is 12.7 Å². The summed E-state index contributed by atoms with van der Waals surface area (Å²) in [5.41, 5.74) is 1.33. The van der Waals surface area contributed by atoms with Crippen molar-refractivity contribution < 1.29 is 9.53 Å². The number of carbonyl (C=O) groups excluding carboxylic acids is 1. The molecule has 0 fully saturated rings. The van der Waals surface area contributed by atoms with Gasteiger partial charge in [-0.1, -0.05) is 17.7 Å². The molecule has 0 saturated heterocycles. The lowest BCUT2D eigenvalue weighted by Crippen LogP contribution is -2.01. The monoisotopic (exact) mass is 312 g/mol. The highest BCUT2D eigenvalue weighted by molar-refractivity contribution is 6.31. The van der Waals surface area contributed by atoms with Crippen molar-refractivity contribution >= 4 is 39.8 Å². The van der Waals surface area contributed by atoms with Crippen molar-refractivity contribution in [2.75, 3.05) is 12.4 Å². The molecular formula is C17H13ClN2O2. The largest absolute Gasteiger partial charge is 0.465 e. The zero-order chi connectivity index (χ0) is 15.5. The normalized spacial score (nSPS) is 10.5. The summed E-state index contributed by atoms with van der Waals surface area (Å²) in [4.78, 5) is 15.8. The van der Waals surface area contributed by atoms with Crippen LogP contribution >= 0.6 is 11.6 Å². The van der Waals surface area contributed by atoms with Gasteiger partial charge in [-0.2, -0.15) is 0 Å².